The molecule has 0 bridgehead atoms. The number of aromatic nitrogens is 1. The highest BCUT2D eigenvalue weighted by molar-refractivity contribution is 7.18. The number of fused-ring (bicyclic) bond motifs is 1. The Kier molecular flexibility index (Phi) is 5.94. The molecule has 0 radical (unpaired) electrons. The largest absolute Gasteiger partial charge is 0.454 e. The summed E-state index contributed by atoms with van der Waals surface area (Å²) in [5.41, 5.74) is 4.33. The number of carbonyl (C=O) groups is 2. The van der Waals surface area contributed by atoms with Crippen LogP contribution in [0.15, 0.2) is 103 Å². The summed E-state index contributed by atoms with van der Waals surface area (Å²) >= 11 is 1.21. The molecule has 4 aromatic carbocycles. The molecule has 0 unspecified atom stereocenters. The van der Waals surface area contributed by atoms with Crippen molar-refractivity contribution in [3.8, 4) is 33.9 Å². The first-order valence-corrected chi connectivity index (χ1v) is 13.9. The van der Waals surface area contributed by atoms with E-state index < -0.39 is 5.41 Å². The molecule has 1 aromatic heterocycles. The van der Waals surface area contributed by atoms with Crippen molar-refractivity contribution in [2.24, 2.45) is 0 Å². The molecule has 1 aliphatic carbocycles. The molecule has 2 heterocycles. The normalized spacial score (nSPS) is 14.5. The predicted molar refractivity (Wildman–Crippen MR) is 155 cm³/mol. The first kappa shape index (κ1) is 24.3. The minimum atomic E-state index is -0.642. The Bertz CT molecular complexity index is 1730. The molecule has 1 N–H and O–H groups in total. The lowest BCUT2D eigenvalue weighted by Gasteiger charge is -2.15. The van der Waals surface area contributed by atoms with Crippen molar-refractivity contribution >= 4 is 28.2 Å². The maximum Gasteiger partial charge on any atom is 0.236 e. The Labute approximate surface area is 235 Å². The highest BCUT2D eigenvalue weighted by Crippen LogP contribution is 2.51. The number of ketones is 1. The van der Waals surface area contributed by atoms with E-state index in [-0.39, 0.29) is 18.5 Å². The van der Waals surface area contributed by atoms with Crippen molar-refractivity contribution in [1.29, 1.82) is 0 Å². The van der Waals surface area contributed by atoms with Gasteiger partial charge in [-0.1, -0.05) is 102 Å². The lowest BCUT2D eigenvalue weighted by molar-refractivity contribution is -0.118. The summed E-state index contributed by atoms with van der Waals surface area (Å²) in [4.78, 5) is 32.6. The smallest absolute Gasteiger partial charge is 0.236 e. The monoisotopic (exact) mass is 544 g/mol. The summed E-state index contributed by atoms with van der Waals surface area (Å²) in [6, 6.07) is 32.9. The third kappa shape index (κ3) is 4.34. The van der Waals surface area contributed by atoms with E-state index in [0.717, 1.165) is 35.1 Å². The molecule has 7 rings (SSSR count). The van der Waals surface area contributed by atoms with Gasteiger partial charge in [-0.2, -0.15) is 0 Å². The number of ether oxygens (including phenoxy) is 2. The third-order valence-electron chi connectivity index (χ3n) is 7.47. The number of rotatable bonds is 7. The highest BCUT2D eigenvalue weighted by atomic mass is 32.1. The first-order chi connectivity index (χ1) is 19.6. The number of nitrogens with zero attached hydrogens (tertiary/aromatic N) is 1. The van der Waals surface area contributed by atoms with Gasteiger partial charge in [0.25, 0.3) is 0 Å². The van der Waals surface area contributed by atoms with E-state index >= 15 is 0 Å². The van der Waals surface area contributed by atoms with Crippen LogP contribution in [0.1, 0.15) is 33.6 Å². The van der Waals surface area contributed by atoms with Crippen LogP contribution in [0.3, 0.4) is 0 Å². The van der Waals surface area contributed by atoms with Crippen LogP contribution in [-0.2, 0) is 10.2 Å². The zero-order valence-electron chi connectivity index (χ0n) is 21.4. The maximum absolute atomic E-state index is 13.8. The number of carbonyl (C=O) groups excluding carboxylic acids is 2. The molecule has 1 aliphatic heterocycles. The Morgan fingerprint density at radius 2 is 1.40 bits per heavy atom. The molecule has 196 valence electrons. The van der Waals surface area contributed by atoms with Gasteiger partial charge >= 0.3 is 0 Å². The Hall–Kier alpha value is -4.75. The third-order valence-corrected chi connectivity index (χ3v) is 8.43. The second-order valence-corrected chi connectivity index (χ2v) is 10.9. The molecule has 5 aromatic rings. The molecule has 1 saturated carbocycles. The van der Waals surface area contributed by atoms with Gasteiger partial charge in [0, 0.05) is 11.1 Å². The van der Waals surface area contributed by atoms with E-state index in [4.69, 9.17) is 14.5 Å². The van der Waals surface area contributed by atoms with Crippen molar-refractivity contribution in [2.45, 2.75) is 18.3 Å². The van der Waals surface area contributed by atoms with Crippen LogP contribution >= 0.6 is 11.3 Å². The Morgan fingerprint density at radius 3 is 2.10 bits per heavy atom. The lowest BCUT2D eigenvalue weighted by Crippen LogP contribution is -2.27. The van der Waals surface area contributed by atoms with Crippen molar-refractivity contribution in [2.75, 3.05) is 12.1 Å². The fourth-order valence-electron chi connectivity index (χ4n) is 5.08. The average Bonchev–Trinajstić information content (AvgIpc) is 3.51. The van der Waals surface area contributed by atoms with Gasteiger partial charge in [0.1, 0.15) is 4.88 Å². The molecule has 0 atom stereocenters. The number of nitrogens with one attached hydrogen (secondary N) is 1. The van der Waals surface area contributed by atoms with Gasteiger partial charge in [0.05, 0.1) is 11.1 Å². The standard InChI is InChI=1S/C33H24N2O4S/c36-29(24-13-11-22(12-14-24)21-7-3-1-4-8-21)30-28(23-9-5-2-6-10-23)34-32(40-30)35-31(37)33(17-18-33)25-15-16-26-27(19-25)39-20-38-26/h1-16,19H,17-18,20H2,(H,34,35,37). The van der Waals surface area contributed by atoms with E-state index in [1.807, 2.05) is 103 Å². The Morgan fingerprint density at radius 1 is 0.750 bits per heavy atom. The summed E-state index contributed by atoms with van der Waals surface area (Å²) in [6.07, 6.45) is 1.46. The molecular formula is C33H24N2O4S. The Balaban J connectivity index is 1.19. The first-order valence-electron chi connectivity index (χ1n) is 13.1. The number of hydrogen-bond acceptors (Lipinski definition) is 6. The van der Waals surface area contributed by atoms with Crippen LogP contribution in [0.2, 0.25) is 0 Å². The summed E-state index contributed by atoms with van der Waals surface area (Å²) in [7, 11) is 0. The zero-order valence-corrected chi connectivity index (χ0v) is 22.2. The summed E-state index contributed by atoms with van der Waals surface area (Å²) in [5.74, 6) is 1.08. The van der Waals surface area contributed by atoms with Crippen LogP contribution in [0, 0.1) is 0 Å². The molecule has 7 heteroatoms. The molecular weight excluding hydrogens is 520 g/mol. The minimum Gasteiger partial charge on any atom is -0.454 e. The minimum absolute atomic E-state index is 0.131. The number of anilines is 1. The van der Waals surface area contributed by atoms with E-state index in [1.165, 1.54) is 11.3 Å². The van der Waals surface area contributed by atoms with Gasteiger partial charge in [-0.3, -0.25) is 9.59 Å². The summed E-state index contributed by atoms with van der Waals surface area (Å²) in [6.45, 7) is 0.186. The molecule has 0 spiro atoms. The zero-order chi connectivity index (χ0) is 27.1. The van der Waals surface area contributed by atoms with Crippen LogP contribution < -0.4 is 14.8 Å². The van der Waals surface area contributed by atoms with Gasteiger partial charge in [0.2, 0.25) is 18.5 Å². The second kappa shape index (κ2) is 9.77. The van der Waals surface area contributed by atoms with E-state index in [9.17, 15) is 9.59 Å². The molecule has 6 nitrogen and oxygen atoms in total. The molecule has 1 amide bonds. The number of thiazole rings is 1. The molecule has 0 saturated heterocycles. The average molecular weight is 545 g/mol. The van der Waals surface area contributed by atoms with Crippen molar-refractivity contribution in [3.05, 3.63) is 119 Å². The second-order valence-electron chi connectivity index (χ2n) is 9.94. The summed E-state index contributed by atoms with van der Waals surface area (Å²) < 4.78 is 11.0. The summed E-state index contributed by atoms with van der Waals surface area (Å²) in [5, 5.41) is 3.43. The van der Waals surface area contributed by atoms with Crippen LogP contribution in [0.25, 0.3) is 22.4 Å². The predicted octanol–water partition coefficient (Wildman–Crippen LogP) is 7.11. The highest BCUT2D eigenvalue weighted by Gasteiger charge is 2.52. The van der Waals surface area contributed by atoms with Crippen LogP contribution in [-0.4, -0.2) is 23.5 Å². The van der Waals surface area contributed by atoms with Gasteiger partial charge in [-0.15, -0.1) is 0 Å². The molecule has 2 aliphatic rings. The number of amides is 1. The fraction of sp³-hybridized carbons (Fsp3) is 0.121. The maximum atomic E-state index is 13.8. The van der Waals surface area contributed by atoms with Crippen molar-refractivity contribution < 1.29 is 19.1 Å². The van der Waals surface area contributed by atoms with Gasteiger partial charge in [0.15, 0.2) is 16.6 Å². The molecule has 40 heavy (non-hydrogen) atoms. The van der Waals surface area contributed by atoms with Crippen molar-refractivity contribution in [3.63, 3.8) is 0 Å². The van der Waals surface area contributed by atoms with E-state index in [2.05, 4.69) is 5.32 Å². The van der Waals surface area contributed by atoms with Crippen molar-refractivity contribution in [1.82, 2.24) is 4.98 Å². The van der Waals surface area contributed by atoms with Gasteiger partial charge in [-0.25, -0.2) is 4.98 Å². The SMILES string of the molecule is O=C(c1ccc(-c2ccccc2)cc1)c1sc(NC(=O)C2(c3ccc4c(c3)OCO4)CC2)nc1-c1ccccc1. The molecule has 1 fully saturated rings. The van der Waals surface area contributed by atoms with Gasteiger partial charge in [-0.05, 0) is 41.7 Å². The van der Waals surface area contributed by atoms with Crippen LogP contribution in [0.4, 0.5) is 5.13 Å². The topological polar surface area (TPSA) is 77.5 Å². The van der Waals surface area contributed by atoms with Crippen LogP contribution in [0.5, 0.6) is 11.5 Å². The number of benzene rings is 4. The van der Waals surface area contributed by atoms with E-state index in [0.29, 0.717) is 32.8 Å². The quantitative estimate of drug-likeness (QED) is 0.221. The van der Waals surface area contributed by atoms with E-state index in [1.54, 1.807) is 0 Å². The van der Waals surface area contributed by atoms with Gasteiger partial charge < -0.3 is 14.8 Å². The number of hydrogen-bond donors (Lipinski definition) is 1. The fourth-order valence-corrected chi connectivity index (χ4v) is 6.02. The lowest BCUT2D eigenvalue weighted by atomic mass is 9.94.